The van der Waals surface area contributed by atoms with Gasteiger partial charge in [-0.15, -0.1) is 0 Å². The molecule has 2 aliphatic rings. The number of aromatic amines is 1. The van der Waals surface area contributed by atoms with Gasteiger partial charge in [-0.2, -0.15) is 4.31 Å². The Morgan fingerprint density at radius 3 is 2.25 bits per heavy atom. The number of rotatable bonds is 9. The zero-order valence-electron chi connectivity index (χ0n) is 17.8. The van der Waals surface area contributed by atoms with Crippen molar-refractivity contribution in [2.45, 2.75) is 55.3 Å². The van der Waals surface area contributed by atoms with Crippen molar-refractivity contribution in [1.82, 2.24) is 9.55 Å². The summed E-state index contributed by atoms with van der Waals surface area (Å²) in [7, 11) is -11.2. The number of nitrogens with one attached hydrogen (secondary N) is 1. The highest BCUT2D eigenvalue weighted by Gasteiger charge is 2.51. The van der Waals surface area contributed by atoms with E-state index in [4.69, 9.17) is 23.8 Å². The van der Waals surface area contributed by atoms with Gasteiger partial charge in [0.1, 0.15) is 36.6 Å². The predicted octanol–water partition coefficient (Wildman–Crippen LogP) is -3.82. The lowest BCUT2D eigenvalue weighted by molar-refractivity contribution is -0.265. The molecule has 0 saturated carbocycles. The molecular formula is C15H23FN2O16P2. The second-order valence-corrected chi connectivity index (χ2v) is 10.6. The van der Waals surface area contributed by atoms with Crippen molar-refractivity contribution in [1.29, 1.82) is 0 Å². The highest BCUT2D eigenvalue weighted by atomic mass is 31.3. The lowest BCUT2D eigenvalue weighted by Crippen LogP contribution is -2.57. The molecule has 2 unspecified atom stereocenters. The molecule has 0 amide bonds. The van der Waals surface area contributed by atoms with Gasteiger partial charge in [-0.1, -0.05) is 0 Å². The fourth-order valence-corrected chi connectivity index (χ4v) is 5.55. The average Bonchev–Trinajstić information content (AvgIpc) is 3.05. The molecule has 21 heteroatoms. The van der Waals surface area contributed by atoms with Crippen molar-refractivity contribution in [3.8, 4) is 0 Å². The van der Waals surface area contributed by atoms with Gasteiger partial charge in [-0.25, -0.2) is 18.3 Å². The Bertz CT molecular complexity index is 1120. The predicted molar refractivity (Wildman–Crippen MR) is 108 cm³/mol. The summed E-state index contributed by atoms with van der Waals surface area (Å²) >= 11 is 0. The molecule has 0 bridgehead atoms. The molecule has 0 aromatic carbocycles. The molecular weight excluding hydrogens is 545 g/mol. The Hall–Kier alpha value is -1.41. The Morgan fingerprint density at radius 1 is 1.03 bits per heavy atom. The second-order valence-electron chi connectivity index (χ2n) is 7.64. The molecule has 0 aliphatic carbocycles. The molecule has 3 heterocycles. The minimum Gasteiger partial charge on any atom is -0.394 e. The quantitative estimate of drug-likeness (QED) is 0.133. The summed E-state index contributed by atoms with van der Waals surface area (Å²) in [4.78, 5) is 43.2. The maximum Gasteiger partial charge on any atom is 0.486 e. The van der Waals surface area contributed by atoms with Crippen molar-refractivity contribution in [3.63, 3.8) is 0 Å². The van der Waals surface area contributed by atoms with Crippen LogP contribution in [0.1, 0.15) is 6.23 Å². The van der Waals surface area contributed by atoms with Gasteiger partial charge in [0.15, 0.2) is 12.4 Å². The minimum atomic E-state index is -5.67. The van der Waals surface area contributed by atoms with E-state index in [9.17, 15) is 48.6 Å². The van der Waals surface area contributed by atoms with Crippen molar-refractivity contribution in [2.24, 2.45) is 0 Å². The Balaban J connectivity index is 1.77. The van der Waals surface area contributed by atoms with Crippen LogP contribution in [-0.2, 0) is 32.0 Å². The van der Waals surface area contributed by atoms with Gasteiger partial charge in [-0.05, 0) is 0 Å². The van der Waals surface area contributed by atoms with E-state index in [0.717, 1.165) is 12.3 Å². The number of hydrogen-bond donors (Lipinski definition) is 8. The Labute approximate surface area is 199 Å². The van der Waals surface area contributed by atoms with Crippen LogP contribution in [0.15, 0.2) is 21.9 Å². The van der Waals surface area contributed by atoms with Gasteiger partial charge in [-0.3, -0.25) is 23.4 Å². The number of aromatic nitrogens is 2. The lowest BCUT2D eigenvalue weighted by Gasteiger charge is -2.38. The number of nitrogens with zero attached hydrogens (tertiary/aromatic N) is 1. The van der Waals surface area contributed by atoms with E-state index >= 15 is 0 Å². The number of phosphoric ester groups is 1. The van der Waals surface area contributed by atoms with E-state index in [0.29, 0.717) is 4.57 Å². The number of phosphoric acid groups is 2. The zero-order chi connectivity index (χ0) is 27.0. The van der Waals surface area contributed by atoms with Crippen molar-refractivity contribution < 1.29 is 71.7 Å². The molecule has 10 atom stereocenters. The smallest absolute Gasteiger partial charge is 0.394 e. The zero-order valence-corrected chi connectivity index (χ0v) is 19.6. The molecule has 2 fully saturated rings. The summed E-state index contributed by atoms with van der Waals surface area (Å²) in [5.74, 6) is 0. The van der Waals surface area contributed by atoms with Gasteiger partial charge in [0.05, 0.1) is 13.2 Å². The molecule has 0 radical (unpaired) electrons. The fraction of sp³-hybridized carbons (Fsp3) is 0.733. The normalized spacial score (nSPS) is 37.1. The first kappa shape index (κ1) is 29.2. The fourth-order valence-electron chi connectivity index (χ4n) is 3.35. The number of H-pyrrole nitrogens is 1. The highest BCUT2D eigenvalue weighted by Crippen LogP contribution is 2.62. The third-order valence-electron chi connectivity index (χ3n) is 5.10. The molecule has 3 rings (SSSR count). The Kier molecular flexibility index (Phi) is 9.02. The third kappa shape index (κ3) is 6.53. The molecule has 1 aromatic rings. The van der Waals surface area contributed by atoms with Crippen LogP contribution in [0.2, 0.25) is 0 Å². The van der Waals surface area contributed by atoms with E-state index in [1.54, 1.807) is 0 Å². The largest absolute Gasteiger partial charge is 0.486 e. The topological polar surface area (TPSA) is 277 Å². The van der Waals surface area contributed by atoms with E-state index in [-0.39, 0.29) is 0 Å². The number of halogens is 1. The third-order valence-corrected chi connectivity index (χ3v) is 7.69. The van der Waals surface area contributed by atoms with Crippen molar-refractivity contribution in [3.05, 3.63) is 33.1 Å². The van der Waals surface area contributed by atoms with Crippen LogP contribution in [0, 0.1) is 0 Å². The molecule has 1 aromatic heterocycles. The van der Waals surface area contributed by atoms with Crippen LogP contribution in [-0.4, -0.2) is 107 Å². The molecule has 2 saturated heterocycles. The first-order valence-electron chi connectivity index (χ1n) is 9.95. The average molecular weight is 568 g/mol. The number of alkyl halides is 1. The van der Waals surface area contributed by atoms with Crippen LogP contribution in [0.3, 0.4) is 0 Å². The number of aliphatic hydroxyl groups is 5. The summed E-state index contributed by atoms with van der Waals surface area (Å²) in [6.45, 7) is -2.07. The summed E-state index contributed by atoms with van der Waals surface area (Å²) in [5.41, 5.74) is -1.80. The molecule has 36 heavy (non-hydrogen) atoms. The monoisotopic (exact) mass is 568 g/mol. The summed E-state index contributed by atoms with van der Waals surface area (Å²) in [6, 6.07) is 0.909. The van der Waals surface area contributed by atoms with Crippen LogP contribution in [0.5, 0.6) is 0 Å². The SMILES string of the molecule is O=c1ccn([C@@H]2O[C@H](COP(=O)(OC3O[C@H](CO)[C@@H](O)[C@H](O)[C@H]3F)OP(=O)(O)O)[C@@H](O)[C@H]2O)c(=O)[nH]1. The first-order chi connectivity index (χ1) is 16.7. The standard InChI is InChI=1S/C15H23FN2O16P2/c16-8-11(23)9(21)5(3-19)32-14(8)33-36(29,34-35(26,27)28)30-4-6-10(22)12(24)13(31-6)18-2-1-7(20)17-15(18)25/h1-2,5-6,8-14,19,21-24H,3-4H2,(H,17,20,25)(H2,26,27,28)/t5-,6-,8-,9-,10-,11-,12-,13-,14?,36?/m1/s1. The molecule has 0 spiro atoms. The van der Waals surface area contributed by atoms with Crippen LogP contribution < -0.4 is 11.2 Å². The van der Waals surface area contributed by atoms with E-state index in [2.05, 4.69) is 8.83 Å². The van der Waals surface area contributed by atoms with E-state index < -0.39 is 95.4 Å². The second kappa shape index (κ2) is 11.1. The van der Waals surface area contributed by atoms with Gasteiger partial charge in [0.25, 0.3) is 5.56 Å². The van der Waals surface area contributed by atoms with Crippen molar-refractivity contribution >= 4 is 15.6 Å². The van der Waals surface area contributed by atoms with Crippen LogP contribution in [0.4, 0.5) is 4.39 Å². The minimum absolute atomic E-state index is 0.697. The summed E-state index contributed by atoms with van der Waals surface area (Å²) in [6.07, 6.45) is -16.9. The van der Waals surface area contributed by atoms with Gasteiger partial charge in [0.2, 0.25) is 6.29 Å². The van der Waals surface area contributed by atoms with Gasteiger partial charge < -0.3 is 44.8 Å². The van der Waals surface area contributed by atoms with Crippen LogP contribution in [0.25, 0.3) is 0 Å². The molecule has 206 valence electrons. The van der Waals surface area contributed by atoms with Gasteiger partial charge in [0, 0.05) is 12.3 Å². The number of aliphatic hydroxyl groups excluding tert-OH is 5. The number of hydrogen-bond acceptors (Lipinski definition) is 14. The van der Waals surface area contributed by atoms with E-state index in [1.807, 2.05) is 4.98 Å². The maximum absolute atomic E-state index is 14.4. The highest BCUT2D eigenvalue weighted by molar-refractivity contribution is 7.61. The molecule has 18 nitrogen and oxygen atoms in total. The van der Waals surface area contributed by atoms with E-state index in [1.165, 1.54) is 0 Å². The molecule has 8 N–H and O–H groups in total. The van der Waals surface area contributed by atoms with Crippen LogP contribution >= 0.6 is 15.6 Å². The first-order valence-corrected chi connectivity index (χ1v) is 12.9. The summed E-state index contributed by atoms with van der Waals surface area (Å²) in [5, 5.41) is 49.0. The summed E-state index contributed by atoms with van der Waals surface area (Å²) < 4.78 is 62.8. The number of ether oxygens (including phenoxy) is 2. The van der Waals surface area contributed by atoms with Crippen molar-refractivity contribution in [2.75, 3.05) is 13.2 Å². The Morgan fingerprint density at radius 2 is 1.67 bits per heavy atom. The molecule has 2 aliphatic heterocycles. The maximum atomic E-state index is 14.4. The van der Waals surface area contributed by atoms with Gasteiger partial charge >= 0.3 is 21.3 Å². The lowest BCUT2D eigenvalue weighted by atomic mass is 10.0.